The van der Waals surface area contributed by atoms with E-state index >= 15 is 0 Å². The second-order valence-corrected chi connectivity index (χ2v) is 8.76. The maximum Gasteiger partial charge on any atom is 0.361 e. The number of carbonyl (C=O) groups excluding carboxylic acids is 2. The maximum absolute atomic E-state index is 13.1. The van der Waals surface area contributed by atoms with Crippen molar-refractivity contribution < 1.29 is 18.8 Å². The number of anilines is 1. The van der Waals surface area contributed by atoms with Gasteiger partial charge in [0.25, 0.3) is 5.91 Å². The number of ether oxygens (including phenoxy) is 1. The second kappa shape index (κ2) is 10.6. The average Bonchev–Trinajstić information content (AvgIpc) is 2.94. The van der Waals surface area contributed by atoms with Crippen LogP contribution in [0.25, 0.3) is 0 Å². The van der Waals surface area contributed by atoms with Gasteiger partial charge in [-0.15, -0.1) is 0 Å². The van der Waals surface area contributed by atoms with Gasteiger partial charge >= 0.3 is 5.97 Å². The van der Waals surface area contributed by atoms with E-state index in [1.807, 2.05) is 45.0 Å². The van der Waals surface area contributed by atoms with Crippen molar-refractivity contribution in [1.82, 2.24) is 0 Å². The first kappa shape index (κ1) is 23.0. The zero-order valence-corrected chi connectivity index (χ0v) is 19.0. The summed E-state index contributed by atoms with van der Waals surface area (Å²) in [5.41, 5.74) is 4.31. The number of esters is 1. The van der Waals surface area contributed by atoms with E-state index in [-0.39, 0.29) is 25.0 Å². The van der Waals surface area contributed by atoms with E-state index in [0.717, 1.165) is 49.2 Å². The minimum absolute atomic E-state index is 0.0418. The summed E-state index contributed by atoms with van der Waals surface area (Å²) in [6, 6.07) is 16.6. The van der Waals surface area contributed by atoms with Crippen molar-refractivity contribution in [3.63, 3.8) is 0 Å². The van der Waals surface area contributed by atoms with Gasteiger partial charge in [-0.25, -0.2) is 4.79 Å². The van der Waals surface area contributed by atoms with Crippen LogP contribution in [0.2, 0.25) is 0 Å². The summed E-state index contributed by atoms with van der Waals surface area (Å²) in [5, 5.41) is 3.11. The summed E-state index contributed by atoms with van der Waals surface area (Å²) >= 11 is 0. The Balaban J connectivity index is 1.77. The van der Waals surface area contributed by atoms with Crippen molar-refractivity contribution in [2.45, 2.75) is 46.0 Å². The van der Waals surface area contributed by atoms with Crippen molar-refractivity contribution in [3.05, 3.63) is 65.2 Å². The third-order valence-electron chi connectivity index (χ3n) is 6.40. The molecule has 2 aromatic carbocycles. The van der Waals surface area contributed by atoms with Gasteiger partial charge in [0.05, 0.1) is 19.7 Å². The number of likely N-dealkylation sites (tertiary alicyclic amines) is 1. The largest absolute Gasteiger partial charge is 0.462 e. The van der Waals surface area contributed by atoms with Crippen LogP contribution in [0.3, 0.4) is 0 Å². The van der Waals surface area contributed by atoms with E-state index in [1.165, 1.54) is 5.56 Å². The highest BCUT2D eigenvalue weighted by molar-refractivity contribution is 5.93. The molecule has 2 aromatic rings. The number of amides is 1. The van der Waals surface area contributed by atoms with Crippen LogP contribution in [0.5, 0.6) is 0 Å². The summed E-state index contributed by atoms with van der Waals surface area (Å²) in [6.07, 6.45) is 3.01. The first-order valence-electron chi connectivity index (χ1n) is 11.3. The fourth-order valence-electron chi connectivity index (χ4n) is 4.77. The van der Waals surface area contributed by atoms with Crippen LogP contribution in [0.1, 0.15) is 48.8 Å². The monoisotopic (exact) mass is 423 g/mol. The van der Waals surface area contributed by atoms with E-state index in [9.17, 15) is 9.59 Å². The number of nitrogens with one attached hydrogen (secondary N) is 1. The molecule has 1 aliphatic heterocycles. The molecule has 2 atom stereocenters. The van der Waals surface area contributed by atoms with E-state index in [2.05, 4.69) is 29.6 Å². The van der Waals surface area contributed by atoms with Crippen molar-refractivity contribution >= 4 is 17.6 Å². The van der Waals surface area contributed by atoms with Gasteiger partial charge in [0, 0.05) is 12.1 Å². The van der Waals surface area contributed by atoms with Gasteiger partial charge in [0.2, 0.25) is 0 Å². The van der Waals surface area contributed by atoms with Gasteiger partial charge in [-0.05, 0) is 56.2 Å². The van der Waals surface area contributed by atoms with Crippen LogP contribution in [0.4, 0.5) is 5.69 Å². The third kappa shape index (κ3) is 6.17. The molecule has 31 heavy (non-hydrogen) atoms. The van der Waals surface area contributed by atoms with Crippen LogP contribution < -0.4 is 5.32 Å². The quantitative estimate of drug-likeness (QED) is 0.523. The first-order valence-corrected chi connectivity index (χ1v) is 11.3. The summed E-state index contributed by atoms with van der Waals surface area (Å²) in [4.78, 5) is 25.6. The maximum atomic E-state index is 13.1. The molecule has 5 heteroatoms. The number of para-hydroxylation sites is 1. The van der Waals surface area contributed by atoms with E-state index in [4.69, 9.17) is 4.74 Å². The molecule has 1 amide bonds. The molecule has 2 unspecified atom stereocenters. The normalized spacial score (nSPS) is 21.2. The molecule has 0 radical (unpaired) electrons. The Hall–Kier alpha value is -2.66. The fraction of sp³-hybridized carbons (Fsp3) is 0.462. The third-order valence-corrected chi connectivity index (χ3v) is 6.40. The fourth-order valence-corrected chi connectivity index (χ4v) is 4.77. The lowest BCUT2D eigenvalue weighted by Crippen LogP contribution is -2.55. The number of rotatable bonds is 7. The lowest BCUT2D eigenvalue weighted by molar-refractivity contribution is -0.913. The van der Waals surface area contributed by atoms with Crippen molar-refractivity contribution in [1.29, 1.82) is 0 Å². The standard InChI is InChI=1S/C26H34N2O3/c1-4-31-25(30)19-28(18-24(29)27-26-20(2)10-8-11-21(26)3)16-9-14-23(15-17-28)22-12-6-5-7-13-22/h5-8,10-13,23H,4,9,14-19H2,1-3H3/p+1. The number of benzene rings is 2. The zero-order valence-electron chi connectivity index (χ0n) is 19.0. The molecule has 0 aromatic heterocycles. The molecule has 1 N–H and O–H groups in total. The Kier molecular flexibility index (Phi) is 7.85. The minimum atomic E-state index is -0.222. The highest BCUT2D eigenvalue weighted by atomic mass is 16.5. The van der Waals surface area contributed by atoms with Gasteiger partial charge in [0.15, 0.2) is 13.1 Å². The van der Waals surface area contributed by atoms with Gasteiger partial charge in [0.1, 0.15) is 0 Å². The topological polar surface area (TPSA) is 55.4 Å². The predicted molar refractivity (Wildman–Crippen MR) is 124 cm³/mol. The molecule has 0 aliphatic carbocycles. The van der Waals surface area contributed by atoms with Crippen molar-refractivity contribution in [2.24, 2.45) is 0 Å². The van der Waals surface area contributed by atoms with E-state index in [1.54, 1.807) is 0 Å². The highest BCUT2D eigenvalue weighted by Crippen LogP contribution is 2.31. The number of quaternary nitrogens is 1. The molecule has 1 heterocycles. The highest BCUT2D eigenvalue weighted by Gasteiger charge is 2.37. The molecular weight excluding hydrogens is 388 g/mol. The SMILES string of the molecule is CCOC(=O)C[N+]1(CC(=O)Nc2c(C)cccc2C)CCCC(c2ccccc2)CC1. The van der Waals surface area contributed by atoms with Crippen molar-refractivity contribution in [3.8, 4) is 0 Å². The molecule has 0 bridgehead atoms. The van der Waals surface area contributed by atoms with Crippen LogP contribution in [-0.4, -0.2) is 49.1 Å². The molecule has 0 spiro atoms. The minimum Gasteiger partial charge on any atom is -0.462 e. The van der Waals surface area contributed by atoms with Crippen LogP contribution in [0.15, 0.2) is 48.5 Å². The first-order chi connectivity index (χ1) is 14.9. The molecule has 1 saturated heterocycles. The molecule has 1 aliphatic rings. The Bertz CT molecular complexity index is 877. The van der Waals surface area contributed by atoms with Gasteiger partial charge < -0.3 is 14.5 Å². The smallest absolute Gasteiger partial charge is 0.361 e. The number of carbonyl (C=O) groups is 2. The summed E-state index contributed by atoms with van der Waals surface area (Å²) < 4.78 is 5.73. The van der Waals surface area contributed by atoms with Gasteiger partial charge in [-0.3, -0.25) is 4.79 Å². The second-order valence-electron chi connectivity index (χ2n) is 8.76. The average molecular weight is 424 g/mol. The lowest BCUT2D eigenvalue weighted by Gasteiger charge is -2.36. The number of hydrogen-bond donors (Lipinski definition) is 1. The zero-order chi connectivity index (χ0) is 22.3. The number of nitrogens with zero attached hydrogens (tertiary/aromatic N) is 1. The van der Waals surface area contributed by atoms with Crippen LogP contribution in [-0.2, 0) is 14.3 Å². The summed E-state index contributed by atoms with van der Waals surface area (Å²) in [7, 11) is 0. The molecule has 0 saturated carbocycles. The number of aryl methyl sites for hydroxylation is 2. The van der Waals surface area contributed by atoms with E-state index in [0.29, 0.717) is 17.0 Å². The van der Waals surface area contributed by atoms with Crippen molar-refractivity contribution in [2.75, 3.05) is 38.1 Å². The van der Waals surface area contributed by atoms with Crippen LogP contribution in [0, 0.1) is 13.8 Å². The number of hydrogen-bond acceptors (Lipinski definition) is 3. The van der Waals surface area contributed by atoms with Gasteiger partial charge in [-0.2, -0.15) is 0 Å². The Labute approximate surface area is 186 Å². The Morgan fingerprint density at radius 2 is 1.68 bits per heavy atom. The predicted octanol–water partition coefficient (Wildman–Crippen LogP) is 4.59. The molecule has 166 valence electrons. The summed E-state index contributed by atoms with van der Waals surface area (Å²) in [6.45, 7) is 8.32. The summed E-state index contributed by atoms with van der Waals surface area (Å²) in [5.74, 6) is 0.200. The molecule has 1 fully saturated rings. The molecule has 5 nitrogen and oxygen atoms in total. The molecule has 3 rings (SSSR count). The Morgan fingerprint density at radius 1 is 0.968 bits per heavy atom. The van der Waals surface area contributed by atoms with Gasteiger partial charge in [-0.1, -0.05) is 48.5 Å². The van der Waals surface area contributed by atoms with E-state index < -0.39 is 0 Å². The Morgan fingerprint density at radius 3 is 2.35 bits per heavy atom. The van der Waals surface area contributed by atoms with Crippen LogP contribution >= 0.6 is 0 Å². The molecular formula is C26H35N2O3+. The lowest BCUT2D eigenvalue weighted by atomic mass is 9.92.